The van der Waals surface area contributed by atoms with Gasteiger partial charge in [-0.1, -0.05) is 76.9 Å². The van der Waals surface area contributed by atoms with Crippen LogP contribution in [0.5, 0.6) is 0 Å². The van der Waals surface area contributed by atoms with E-state index in [9.17, 15) is 0 Å². The molecule has 0 atom stereocenters. The highest BCUT2D eigenvalue weighted by Crippen LogP contribution is 2.11. The lowest BCUT2D eigenvalue weighted by molar-refractivity contribution is 0.282. The third kappa shape index (κ3) is 15.7. The second kappa shape index (κ2) is 16.7. The molecule has 1 heteroatoms. The summed E-state index contributed by atoms with van der Waals surface area (Å²) in [5, 5.41) is 8.65. The average molecular weight is 254 g/mol. The summed E-state index contributed by atoms with van der Waals surface area (Å²) in [5.41, 5.74) is 0. The van der Waals surface area contributed by atoms with E-state index in [-0.39, 0.29) is 0 Å². The van der Waals surface area contributed by atoms with Crippen molar-refractivity contribution in [3.05, 3.63) is 12.2 Å². The summed E-state index contributed by atoms with van der Waals surface area (Å²) in [6, 6.07) is 0. The smallest absolute Gasteiger partial charge is 0.0431 e. The van der Waals surface area contributed by atoms with Crippen LogP contribution < -0.4 is 0 Å². The molecule has 0 fully saturated rings. The van der Waals surface area contributed by atoms with Crippen LogP contribution in [0.4, 0.5) is 0 Å². The van der Waals surface area contributed by atoms with Crippen molar-refractivity contribution in [2.24, 2.45) is 0 Å². The van der Waals surface area contributed by atoms with E-state index in [1.165, 1.54) is 77.0 Å². The van der Waals surface area contributed by atoms with E-state index >= 15 is 0 Å². The normalized spacial score (nSPS) is 11.4. The average Bonchev–Trinajstić information content (AvgIpc) is 2.39. The molecule has 0 aromatic carbocycles. The largest absolute Gasteiger partial charge is 0.396 e. The monoisotopic (exact) mass is 254 g/mol. The quantitative estimate of drug-likeness (QED) is 0.315. The van der Waals surface area contributed by atoms with Gasteiger partial charge in [-0.25, -0.2) is 0 Å². The predicted octanol–water partition coefficient (Wildman–Crippen LogP) is 5.63. The Balaban J connectivity index is 2.94. The molecule has 0 unspecified atom stereocenters. The molecule has 0 aromatic rings. The summed E-state index contributed by atoms with van der Waals surface area (Å²) < 4.78 is 0. The van der Waals surface area contributed by atoms with Crippen molar-refractivity contribution < 1.29 is 5.11 Å². The van der Waals surface area contributed by atoms with E-state index < -0.39 is 0 Å². The van der Waals surface area contributed by atoms with E-state index in [0.717, 1.165) is 6.42 Å². The fraction of sp³-hybridized carbons (Fsp3) is 0.882. The first-order valence-electron chi connectivity index (χ1n) is 8.17. The number of allylic oxidation sites excluding steroid dienone is 2. The molecule has 0 heterocycles. The molecule has 0 aromatic heterocycles. The molecule has 0 radical (unpaired) electrons. The number of aliphatic hydroxyl groups is 1. The van der Waals surface area contributed by atoms with Gasteiger partial charge in [0.15, 0.2) is 0 Å². The Kier molecular flexibility index (Phi) is 16.4. The highest BCUT2D eigenvalue weighted by Gasteiger charge is 1.92. The predicted molar refractivity (Wildman–Crippen MR) is 81.9 cm³/mol. The summed E-state index contributed by atoms with van der Waals surface area (Å²) in [7, 11) is 0. The van der Waals surface area contributed by atoms with E-state index in [1.807, 2.05) is 0 Å². The molecule has 0 saturated heterocycles. The van der Waals surface area contributed by atoms with E-state index in [2.05, 4.69) is 19.1 Å². The van der Waals surface area contributed by atoms with Gasteiger partial charge in [0.2, 0.25) is 0 Å². The lowest BCUT2D eigenvalue weighted by Gasteiger charge is -2.01. The second-order valence-electron chi connectivity index (χ2n) is 5.31. The number of hydrogen-bond acceptors (Lipinski definition) is 1. The van der Waals surface area contributed by atoms with Crippen LogP contribution >= 0.6 is 0 Å². The van der Waals surface area contributed by atoms with Crippen molar-refractivity contribution in [2.45, 2.75) is 90.4 Å². The van der Waals surface area contributed by atoms with Gasteiger partial charge >= 0.3 is 0 Å². The van der Waals surface area contributed by atoms with Crippen LogP contribution in [0.15, 0.2) is 12.2 Å². The van der Waals surface area contributed by atoms with E-state index in [4.69, 9.17) is 5.11 Å². The number of aliphatic hydroxyl groups excluding tert-OH is 1. The van der Waals surface area contributed by atoms with Crippen molar-refractivity contribution >= 4 is 0 Å². The first-order chi connectivity index (χ1) is 8.91. The van der Waals surface area contributed by atoms with Crippen LogP contribution in [-0.2, 0) is 0 Å². The minimum atomic E-state index is 0.368. The Morgan fingerprint density at radius 1 is 0.611 bits per heavy atom. The summed E-state index contributed by atoms with van der Waals surface area (Å²) in [6.07, 6.45) is 21.7. The zero-order chi connectivity index (χ0) is 13.3. The maximum Gasteiger partial charge on any atom is 0.0431 e. The Hall–Kier alpha value is -0.300. The van der Waals surface area contributed by atoms with Gasteiger partial charge in [0, 0.05) is 6.61 Å². The van der Waals surface area contributed by atoms with Gasteiger partial charge in [0.05, 0.1) is 0 Å². The molecule has 0 aliphatic carbocycles. The minimum Gasteiger partial charge on any atom is -0.396 e. The third-order valence-corrected chi connectivity index (χ3v) is 3.40. The molecular formula is C17H34O. The Morgan fingerprint density at radius 2 is 1.06 bits per heavy atom. The van der Waals surface area contributed by atoms with Crippen LogP contribution in [-0.4, -0.2) is 11.7 Å². The van der Waals surface area contributed by atoms with Crippen molar-refractivity contribution in [3.8, 4) is 0 Å². The summed E-state index contributed by atoms with van der Waals surface area (Å²) >= 11 is 0. The topological polar surface area (TPSA) is 20.2 Å². The van der Waals surface area contributed by atoms with Crippen molar-refractivity contribution in [2.75, 3.05) is 6.61 Å². The molecule has 0 bridgehead atoms. The van der Waals surface area contributed by atoms with Gasteiger partial charge in [-0.15, -0.1) is 0 Å². The van der Waals surface area contributed by atoms with E-state index in [1.54, 1.807) is 0 Å². The lowest BCUT2D eigenvalue weighted by atomic mass is 10.1. The van der Waals surface area contributed by atoms with Crippen molar-refractivity contribution in [3.63, 3.8) is 0 Å². The fourth-order valence-electron chi connectivity index (χ4n) is 2.19. The molecule has 0 spiro atoms. The van der Waals surface area contributed by atoms with Gasteiger partial charge in [-0.2, -0.15) is 0 Å². The maximum atomic E-state index is 8.65. The summed E-state index contributed by atoms with van der Waals surface area (Å²) in [5.74, 6) is 0. The highest BCUT2D eigenvalue weighted by atomic mass is 16.2. The summed E-state index contributed by atoms with van der Waals surface area (Å²) in [4.78, 5) is 0. The molecule has 1 N–H and O–H groups in total. The van der Waals surface area contributed by atoms with Crippen LogP contribution in [0.1, 0.15) is 90.4 Å². The maximum absolute atomic E-state index is 8.65. The van der Waals surface area contributed by atoms with Gasteiger partial charge in [0.25, 0.3) is 0 Å². The van der Waals surface area contributed by atoms with Crippen LogP contribution in [0.2, 0.25) is 0 Å². The number of rotatable bonds is 14. The highest BCUT2D eigenvalue weighted by molar-refractivity contribution is 4.80. The van der Waals surface area contributed by atoms with Gasteiger partial charge in [-0.3, -0.25) is 0 Å². The second-order valence-corrected chi connectivity index (χ2v) is 5.31. The Morgan fingerprint density at radius 3 is 1.56 bits per heavy atom. The molecule has 0 rings (SSSR count). The standard InChI is InChI=1S/C17H34O/c1-2-3-4-5-6-7-8-9-10-11-12-13-14-15-16-17-18/h4-5,18H,2-3,6-17H2,1H3/b5-4-. The number of hydrogen-bond donors (Lipinski definition) is 1. The molecular weight excluding hydrogens is 220 g/mol. The van der Waals surface area contributed by atoms with E-state index in [0.29, 0.717) is 6.61 Å². The molecule has 0 saturated carbocycles. The third-order valence-electron chi connectivity index (χ3n) is 3.40. The molecule has 0 aliphatic rings. The Labute approximate surface area is 115 Å². The minimum absolute atomic E-state index is 0.368. The lowest BCUT2D eigenvalue weighted by Crippen LogP contribution is -1.84. The van der Waals surface area contributed by atoms with Crippen molar-refractivity contribution in [1.82, 2.24) is 0 Å². The van der Waals surface area contributed by atoms with Crippen molar-refractivity contribution in [1.29, 1.82) is 0 Å². The van der Waals surface area contributed by atoms with Crippen LogP contribution in [0.3, 0.4) is 0 Å². The first-order valence-corrected chi connectivity index (χ1v) is 8.17. The molecule has 0 aliphatic heterocycles. The fourth-order valence-corrected chi connectivity index (χ4v) is 2.19. The summed E-state index contributed by atoms with van der Waals surface area (Å²) in [6.45, 7) is 2.60. The van der Waals surface area contributed by atoms with Gasteiger partial charge in [-0.05, 0) is 25.7 Å². The van der Waals surface area contributed by atoms with Gasteiger partial charge in [0.1, 0.15) is 0 Å². The number of unbranched alkanes of at least 4 members (excludes halogenated alkanes) is 11. The molecule has 0 amide bonds. The van der Waals surface area contributed by atoms with Gasteiger partial charge < -0.3 is 5.11 Å². The molecule has 18 heavy (non-hydrogen) atoms. The molecule has 1 nitrogen and oxygen atoms in total. The molecule has 108 valence electrons. The van der Waals surface area contributed by atoms with Crippen LogP contribution in [0.25, 0.3) is 0 Å². The van der Waals surface area contributed by atoms with Crippen LogP contribution in [0, 0.1) is 0 Å². The SMILES string of the molecule is CCC/C=C\CCCCCCCCCCCCO. The Bertz CT molecular complexity index is 163. The zero-order valence-electron chi connectivity index (χ0n) is 12.5. The zero-order valence-corrected chi connectivity index (χ0v) is 12.5. The first kappa shape index (κ1) is 17.7.